The van der Waals surface area contributed by atoms with Gasteiger partial charge in [-0.15, -0.1) is 0 Å². The van der Waals surface area contributed by atoms with Crippen LogP contribution in [0.1, 0.15) is 75.3 Å². The minimum atomic E-state index is -3.68. The molecule has 1 nitrogen and oxygen atoms in total. The summed E-state index contributed by atoms with van der Waals surface area (Å²) in [5.41, 5.74) is 1.88. The first-order chi connectivity index (χ1) is 17.1. The highest BCUT2D eigenvalue weighted by atomic mass is 19.3. The van der Waals surface area contributed by atoms with Crippen molar-refractivity contribution in [3.05, 3.63) is 76.1 Å². The first kappa shape index (κ1) is 26.6. The minimum Gasteiger partial charge on any atom is -0.432 e. The fraction of sp³-hybridized carbons (Fsp3) is 0.500. The molecule has 0 bridgehead atoms. The van der Waals surface area contributed by atoms with E-state index in [0.29, 0.717) is 48.9 Å². The highest BCUT2D eigenvalue weighted by Crippen LogP contribution is 2.45. The molecule has 1 atom stereocenters. The second-order valence-corrected chi connectivity index (χ2v) is 9.86. The van der Waals surface area contributed by atoms with Crippen molar-refractivity contribution >= 4 is 0 Å². The Labute approximate surface area is 206 Å². The summed E-state index contributed by atoms with van der Waals surface area (Å²) in [6.45, 7) is 1.91. The Morgan fingerprint density at radius 1 is 0.833 bits per heavy atom. The van der Waals surface area contributed by atoms with Crippen LogP contribution in [0.25, 0.3) is 0 Å². The summed E-state index contributed by atoms with van der Waals surface area (Å²) in [6.07, 6.45) is 2.83. The van der Waals surface area contributed by atoms with Gasteiger partial charge >= 0.3 is 6.11 Å². The molecule has 2 aliphatic carbocycles. The second kappa shape index (κ2) is 10.9. The van der Waals surface area contributed by atoms with Gasteiger partial charge in [0.1, 0.15) is 5.75 Å². The zero-order valence-corrected chi connectivity index (χ0v) is 20.0. The molecule has 1 fully saturated rings. The largest absolute Gasteiger partial charge is 0.432 e. The summed E-state index contributed by atoms with van der Waals surface area (Å²) in [7, 11) is 0. The molecule has 0 saturated heterocycles. The van der Waals surface area contributed by atoms with E-state index in [1.165, 1.54) is 0 Å². The summed E-state index contributed by atoms with van der Waals surface area (Å²) in [4.78, 5) is 0. The third-order valence-electron chi connectivity index (χ3n) is 7.54. The molecule has 2 aromatic carbocycles. The van der Waals surface area contributed by atoms with Gasteiger partial charge in [0.2, 0.25) is 0 Å². The number of aryl methyl sites for hydroxylation is 1. The molecule has 1 saturated carbocycles. The van der Waals surface area contributed by atoms with Crippen molar-refractivity contribution in [3.63, 3.8) is 0 Å². The molecule has 0 radical (unpaired) electrons. The summed E-state index contributed by atoms with van der Waals surface area (Å²) < 4.78 is 103. The zero-order valence-electron chi connectivity index (χ0n) is 20.0. The summed E-state index contributed by atoms with van der Waals surface area (Å²) >= 11 is 0. The summed E-state index contributed by atoms with van der Waals surface area (Å²) in [5.74, 6) is -8.28. The van der Waals surface area contributed by atoms with E-state index in [1.807, 2.05) is 6.92 Å². The highest BCUT2D eigenvalue weighted by Gasteiger charge is 2.43. The molecule has 2 aromatic rings. The molecule has 0 N–H and O–H groups in total. The molecule has 4 rings (SSSR count). The van der Waals surface area contributed by atoms with Gasteiger partial charge in [0.05, 0.1) is 5.92 Å². The molecule has 196 valence electrons. The van der Waals surface area contributed by atoms with Gasteiger partial charge in [-0.05, 0) is 74.3 Å². The average molecular weight is 515 g/mol. The maximum Gasteiger partial charge on any atom is 0.401 e. The van der Waals surface area contributed by atoms with Crippen LogP contribution >= 0.6 is 0 Å². The number of benzene rings is 2. The Morgan fingerprint density at radius 3 is 2.06 bits per heavy atom. The lowest BCUT2D eigenvalue weighted by Crippen LogP contribution is -2.36. The fourth-order valence-corrected chi connectivity index (χ4v) is 5.52. The van der Waals surface area contributed by atoms with Gasteiger partial charge in [-0.25, -0.2) is 22.0 Å². The van der Waals surface area contributed by atoms with Crippen LogP contribution in [0.5, 0.6) is 5.75 Å². The number of hydrogen-bond acceptors (Lipinski definition) is 1. The molecule has 0 amide bonds. The van der Waals surface area contributed by atoms with E-state index >= 15 is 0 Å². The van der Waals surface area contributed by atoms with Crippen LogP contribution in [0.3, 0.4) is 0 Å². The Hall–Kier alpha value is -2.51. The van der Waals surface area contributed by atoms with Gasteiger partial charge in [0.25, 0.3) is 0 Å². The first-order valence-electron chi connectivity index (χ1n) is 12.5. The van der Waals surface area contributed by atoms with Gasteiger partial charge in [-0.1, -0.05) is 37.1 Å². The van der Waals surface area contributed by atoms with Crippen LogP contribution in [0.15, 0.2) is 35.9 Å². The molecular weight excluding hydrogens is 485 g/mol. The number of allylic oxidation sites excluding steroid dienone is 2. The average Bonchev–Trinajstić information content (AvgIpc) is 2.85. The standard InChI is InChI=1S/C28H29F7O/c1-2-3-19-10-13-22(26(32)25(19)31)18-6-4-16(5-7-18)17-8-11-20(12-9-17)28(34,35)36-21-14-23(29)27(33)24(30)15-21/h8,10,13-16,18,20H,2-7,9,11-12H2,1H3. The van der Waals surface area contributed by atoms with Crippen molar-refractivity contribution in [3.8, 4) is 5.75 Å². The molecular formula is C28H29F7O. The fourth-order valence-electron chi connectivity index (χ4n) is 5.52. The summed E-state index contributed by atoms with van der Waals surface area (Å²) in [6, 6.07) is 4.17. The van der Waals surface area contributed by atoms with Gasteiger partial charge < -0.3 is 4.74 Å². The van der Waals surface area contributed by atoms with Crippen LogP contribution in [-0.4, -0.2) is 6.11 Å². The number of alkyl halides is 2. The Bertz CT molecular complexity index is 1100. The van der Waals surface area contributed by atoms with E-state index in [9.17, 15) is 30.7 Å². The van der Waals surface area contributed by atoms with E-state index in [0.717, 1.165) is 24.8 Å². The monoisotopic (exact) mass is 514 g/mol. The molecule has 0 spiro atoms. The lowest BCUT2D eigenvalue weighted by atomic mass is 9.72. The van der Waals surface area contributed by atoms with Crippen molar-refractivity contribution in [2.24, 2.45) is 11.8 Å². The van der Waals surface area contributed by atoms with Crippen molar-refractivity contribution in [2.45, 2.75) is 76.7 Å². The maximum atomic E-state index is 14.7. The Morgan fingerprint density at radius 2 is 1.47 bits per heavy atom. The van der Waals surface area contributed by atoms with Crippen LogP contribution in [-0.2, 0) is 6.42 Å². The van der Waals surface area contributed by atoms with Crippen LogP contribution < -0.4 is 4.74 Å². The SMILES string of the molecule is CCCc1ccc(C2CCC(C3=CCC(C(F)(F)Oc4cc(F)c(F)c(F)c4)CC3)CC2)c(F)c1F. The van der Waals surface area contributed by atoms with Gasteiger partial charge in [0, 0.05) is 12.1 Å². The van der Waals surface area contributed by atoms with Crippen LogP contribution in [0.2, 0.25) is 0 Å². The van der Waals surface area contributed by atoms with E-state index in [1.54, 1.807) is 18.2 Å². The van der Waals surface area contributed by atoms with Gasteiger partial charge in [-0.3, -0.25) is 0 Å². The van der Waals surface area contributed by atoms with E-state index in [-0.39, 0.29) is 24.7 Å². The normalized spacial score (nSPS) is 22.9. The number of rotatable bonds is 7. The van der Waals surface area contributed by atoms with E-state index < -0.39 is 46.9 Å². The number of halogens is 7. The van der Waals surface area contributed by atoms with Crippen molar-refractivity contribution < 1.29 is 35.5 Å². The van der Waals surface area contributed by atoms with E-state index in [4.69, 9.17) is 0 Å². The molecule has 1 unspecified atom stereocenters. The quantitative estimate of drug-likeness (QED) is 0.204. The van der Waals surface area contributed by atoms with Gasteiger partial charge in [-0.2, -0.15) is 8.78 Å². The van der Waals surface area contributed by atoms with Crippen LogP contribution in [0, 0.1) is 40.9 Å². The Kier molecular flexibility index (Phi) is 8.00. The third-order valence-corrected chi connectivity index (χ3v) is 7.54. The highest BCUT2D eigenvalue weighted by molar-refractivity contribution is 5.30. The van der Waals surface area contributed by atoms with Crippen molar-refractivity contribution in [1.29, 1.82) is 0 Å². The molecule has 36 heavy (non-hydrogen) atoms. The number of hydrogen-bond donors (Lipinski definition) is 0. The van der Waals surface area contributed by atoms with Gasteiger partial charge in [0.15, 0.2) is 29.1 Å². The maximum absolute atomic E-state index is 14.7. The second-order valence-electron chi connectivity index (χ2n) is 9.86. The predicted octanol–water partition coefficient (Wildman–Crippen LogP) is 9.01. The van der Waals surface area contributed by atoms with Crippen molar-refractivity contribution in [1.82, 2.24) is 0 Å². The van der Waals surface area contributed by atoms with Crippen molar-refractivity contribution in [2.75, 3.05) is 0 Å². The van der Waals surface area contributed by atoms with E-state index in [2.05, 4.69) is 4.74 Å². The molecule has 0 aromatic heterocycles. The predicted molar refractivity (Wildman–Crippen MR) is 122 cm³/mol. The molecule has 0 aliphatic heterocycles. The Balaban J connectivity index is 1.35. The molecule has 0 heterocycles. The molecule has 2 aliphatic rings. The third kappa shape index (κ3) is 5.57. The number of ether oxygens (including phenoxy) is 1. The topological polar surface area (TPSA) is 9.23 Å². The minimum absolute atomic E-state index is 0.0349. The lowest BCUT2D eigenvalue weighted by molar-refractivity contribution is -0.217. The summed E-state index contributed by atoms with van der Waals surface area (Å²) in [5, 5.41) is 0. The smallest absolute Gasteiger partial charge is 0.401 e. The lowest BCUT2D eigenvalue weighted by Gasteiger charge is -2.35. The zero-order chi connectivity index (χ0) is 26.0. The first-order valence-corrected chi connectivity index (χ1v) is 12.5. The molecule has 8 heteroatoms. The van der Waals surface area contributed by atoms with Crippen LogP contribution in [0.4, 0.5) is 30.7 Å².